The highest BCUT2D eigenvalue weighted by Gasteiger charge is 2.44. The van der Waals surface area contributed by atoms with Gasteiger partial charge in [0.15, 0.2) is 0 Å². The molecule has 3 aromatic heterocycles. The number of fused-ring (bicyclic) bond motifs is 2. The van der Waals surface area contributed by atoms with Crippen LogP contribution in [0, 0.1) is 0 Å². The lowest BCUT2D eigenvalue weighted by Gasteiger charge is -2.41. The van der Waals surface area contributed by atoms with Crippen molar-refractivity contribution in [2.45, 2.75) is 56.4 Å². The SMILES string of the molecule is Cn1c(C2(NC(=O)c3ccc4c(C5CCCC5)c(-c5ccc(Cl)cn5)n(C)c4c3)CCC2)nc2ccc(/C=C/C(=O)O)cc21. The quantitative estimate of drug-likeness (QED) is 0.188. The van der Waals surface area contributed by atoms with E-state index >= 15 is 0 Å². The van der Waals surface area contributed by atoms with Crippen LogP contribution in [-0.4, -0.2) is 36.1 Å². The van der Waals surface area contributed by atoms with Gasteiger partial charge in [-0.05, 0) is 91.6 Å². The Hall–Kier alpha value is -4.43. The van der Waals surface area contributed by atoms with Crippen LogP contribution < -0.4 is 5.32 Å². The predicted molar refractivity (Wildman–Crippen MR) is 173 cm³/mol. The van der Waals surface area contributed by atoms with E-state index in [2.05, 4.69) is 28.0 Å². The number of carboxylic acids is 1. The number of aryl methyl sites for hydroxylation is 2. The number of imidazole rings is 1. The molecule has 9 heteroatoms. The van der Waals surface area contributed by atoms with Crippen molar-refractivity contribution < 1.29 is 14.7 Å². The average Bonchev–Trinajstić information content (AvgIpc) is 3.71. The Bertz CT molecular complexity index is 1960. The van der Waals surface area contributed by atoms with Gasteiger partial charge in [-0.1, -0.05) is 36.6 Å². The van der Waals surface area contributed by atoms with Gasteiger partial charge in [-0.15, -0.1) is 0 Å². The molecule has 0 unspecified atom stereocenters. The largest absolute Gasteiger partial charge is 0.478 e. The topological polar surface area (TPSA) is 102 Å². The molecule has 0 bridgehead atoms. The summed E-state index contributed by atoms with van der Waals surface area (Å²) in [6.07, 6.45) is 11.7. The van der Waals surface area contributed by atoms with Gasteiger partial charge in [0.25, 0.3) is 5.91 Å². The van der Waals surface area contributed by atoms with Crippen molar-refractivity contribution >= 4 is 51.5 Å². The zero-order valence-electron chi connectivity index (χ0n) is 24.8. The smallest absolute Gasteiger partial charge is 0.328 e. The Kier molecular flexibility index (Phi) is 7.04. The minimum Gasteiger partial charge on any atom is -0.478 e. The van der Waals surface area contributed by atoms with Crippen molar-refractivity contribution in [3.8, 4) is 11.4 Å². The molecule has 224 valence electrons. The van der Waals surface area contributed by atoms with Crippen LogP contribution in [0.25, 0.3) is 39.4 Å². The van der Waals surface area contributed by atoms with Crippen molar-refractivity contribution in [2.75, 3.05) is 0 Å². The molecule has 0 atom stereocenters. The third-order valence-electron chi connectivity index (χ3n) is 9.55. The normalized spacial score (nSPS) is 16.6. The molecule has 0 radical (unpaired) electrons. The molecule has 3 heterocycles. The van der Waals surface area contributed by atoms with Crippen LogP contribution in [0.5, 0.6) is 0 Å². The fourth-order valence-corrected chi connectivity index (χ4v) is 7.30. The number of hydrogen-bond donors (Lipinski definition) is 2. The van der Waals surface area contributed by atoms with E-state index in [0.717, 1.165) is 77.5 Å². The molecule has 8 nitrogen and oxygen atoms in total. The van der Waals surface area contributed by atoms with Crippen LogP contribution >= 0.6 is 11.6 Å². The number of carboxylic acid groups (broad SMARTS) is 1. The zero-order valence-corrected chi connectivity index (χ0v) is 25.6. The van der Waals surface area contributed by atoms with E-state index in [1.807, 2.05) is 54.1 Å². The Labute approximate surface area is 260 Å². The molecule has 2 aromatic carbocycles. The first-order valence-corrected chi connectivity index (χ1v) is 15.6. The molecule has 0 saturated heterocycles. The summed E-state index contributed by atoms with van der Waals surface area (Å²) in [5.41, 5.74) is 6.82. The van der Waals surface area contributed by atoms with E-state index in [1.54, 1.807) is 12.3 Å². The van der Waals surface area contributed by atoms with Crippen molar-refractivity contribution in [1.29, 1.82) is 0 Å². The highest BCUT2D eigenvalue weighted by molar-refractivity contribution is 6.30. The molecule has 2 saturated carbocycles. The first kappa shape index (κ1) is 28.3. The van der Waals surface area contributed by atoms with E-state index in [9.17, 15) is 9.59 Å². The minimum absolute atomic E-state index is 0.126. The number of aromatic nitrogens is 4. The van der Waals surface area contributed by atoms with E-state index in [1.165, 1.54) is 23.8 Å². The fraction of sp³-hybridized carbons (Fsp3) is 0.314. The number of rotatable bonds is 7. The predicted octanol–water partition coefficient (Wildman–Crippen LogP) is 7.35. The van der Waals surface area contributed by atoms with Gasteiger partial charge in [-0.2, -0.15) is 0 Å². The standard InChI is InChI=1S/C35H34ClN5O3/c1-40-28-19-23(10-12-25(28)31(22-6-3-4-7-22)32(40)27-14-11-24(36)20-37-27)33(44)39-35(16-5-17-35)34-38-26-13-8-21(9-15-30(42)43)18-29(26)41(34)2/h8-15,18-20,22H,3-7,16-17H2,1-2H3,(H,39,44)(H,42,43)/b15-9+. The number of nitrogens with zero attached hydrogens (tertiary/aromatic N) is 4. The number of amides is 1. The van der Waals surface area contributed by atoms with Crippen molar-refractivity contribution in [3.05, 3.63) is 88.3 Å². The number of hydrogen-bond acceptors (Lipinski definition) is 4. The maximum atomic E-state index is 13.9. The highest BCUT2D eigenvalue weighted by Crippen LogP contribution is 2.45. The van der Waals surface area contributed by atoms with Crippen LogP contribution in [0.1, 0.15) is 78.2 Å². The molecule has 44 heavy (non-hydrogen) atoms. The number of aliphatic carboxylic acids is 1. The van der Waals surface area contributed by atoms with Crippen molar-refractivity contribution in [2.24, 2.45) is 14.1 Å². The molecule has 5 aromatic rings. The molecular weight excluding hydrogens is 574 g/mol. The summed E-state index contributed by atoms with van der Waals surface area (Å²) in [5.74, 6) is 0.152. The van der Waals surface area contributed by atoms with Gasteiger partial charge in [-0.3, -0.25) is 9.78 Å². The van der Waals surface area contributed by atoms with Crippen molar-refractivity contribution in [1.82, 2.24) is 24.4 Å². The first-order chi connectivity index (χ1) is 21.2. The Morgan fingerprint density at radius 3 is 2.48 bits per heavy atom. The summed E-state index contributed by atoms with van der Waals surface area (Å²) in [6, 6.07) is 15.6. The van der Waals surface area contributed by atoms with Gasteiger partial charge in [0.2, 0.25) is 0 Å². The van der Waals surface area contributed by atoms with E-state index in [0.29, 0.717) is 16.5 Å². The average molecular weight is 608 g/mol. The van der Waals surface area contributed by atoms with Gasteiger partial charge in [0, 0.05) is 42.8 Å². The van der Waals surface area contributed by atoms with Crippen LogP contribution in [0.15, 0.2) is 60.8 Å². The van der Waals surface area contributed by atoms with Crippen LogP contribution in [0.2, 0.25) is 5.02 Å². The van der Waals surface area contributed by atoms with Crippen LogP contribution in [-0.2, 0) is 24.4 Å². The summed E-state index contributed by atoms with van der Waals surface area (Å²) in [4.78, 5) is 34.5. The number of nitrogens with one attached hydrogen (secondary N) is 1. The lowest BCUT2D eigenvalue weighted by Crippen LogP contribution is -2.52. The molecule has 1 amide bonds. The zero-order chi connectivity index (χ0) is 30.6. The van der Waals surface area contributed by atoms with Crippen LogP contribution in [0.4, 0.5) is 0 Å². The maximum Gasteiger partial charge on any atom is 0.328 e. The number of carbonyl (C=O) groups is 2. The number of pyridine rings is 1. The molecule has 2 aliphatic carbocycles. The fourth-order valence-electron chi connectivity index (χ4n) is 7.19. The summed E-state index contributed by atoms with van der Waals surface area (Å²) in [5, 5.41) is 14.2. The second-order valence-electron chi connectivity index (χ2n) is 12.2. The summed E-state index contributed by atoms with van der Waals surface area (Å²) < 4.78 is 4.20. The second kappa shape index (κ2) is 10.9. The lowest BCUT2D eigenvalue weighted by atomic mass is 9.75. The monoisotopic (exact) mass is 607 g/mol. The van der Waals surface area contributed by atoms with E-state index < -0.39 is 11.5 Å². The molecule has 0 aliphatic heterocycles. The third kappa shape index (κ3) is 4.78. The Morgan fingerprint density at radius 2 is 1.80 bits per heavy atom. The van der Waals surface area contributed by atoms with E-state index in [4.69, 9.17) is 21.7 Å². The molecular formula is C35H34ClN5O3. The maximum absolute atomic E-state index is 13.9. The van der Waals surface area contributed by atoms with Gasteiger partial charge in [0.05, 0.1) is 33.0 Å². The molecule has 2 N–H and O–H groups in total. The number of benzene rings is 2. The van der Waals surface area contributed by atoms with E-state index in [-0.39, 0.29) is 5.91 Å². The van der Waals surface area contributed by atoms with Gasteiger partial charge in [-0.25, -0.2) is 9.78 Å². The first-order valence-electron chi connectivity index (χ1n) is 15.2. The summed E-state index contributed by atoms with van der Waals surface area (Å²) in [7, 11) is 4.01. The Balaban J connectivity index is 1.24. The molecule has 2 fully saturated rings. The van der Waals surface area contributed by atoms with Gasteiger partial charge in [0.1, 0.15) is 5.82 Å². The lowest BCUT2D eigenvalue weighted by molar-refractivity contribution is -0.131. The molecule has 0 spiro atoms. The molecule has 2 aliphatic rings. The second-order valence-corrected chi connectivity index (χ2v) is 12.6. The number of carbonyl (C=O) groups excluding carboxylic acids is 1. The van der Waals surface area contributed by atoms with Crippen LogP contribution in [0.3, 0.4) is 0 Å². The Morgan fingerprint density at radius 1 is 1.00 bits per heavy atom. The van der Waals surface area contributed by atoms with Crippen molar-refractivity contribution in [3.63, 3.8) is 0 Å². The van der Waals surface area contributed by atoms with Gasteiger partial charge >= 0.3 is 5.97 Å². The summed E-state index contributed by atoms with van der Waals surface area (Å²) in [6.45, 7) is 0. The highest BCUT2D eigenvalue weighted by atomic mass is 35.5. The molecule has 7 rings (SSSR count). The number of halogens is 1. The van der Waals surface area contributed by atoms with Gasteiger partial charge < -0.3 is 19.6 Å². The minimum atomic E-state index is -0.993. The third-order valence-corrected chi connectivity index (χ3v) is 9.77. The summed E-state index contributed by atoms with van der Waals surface area (Å²) >= 11 is 6.17.